The Morgan fingerprint density at radius 3 is 2.89 bits per heavy atom. The first-order valence-electron chi connectivity index (χ1n) is 5.55. The molecule has 0 unspecified atom stereocenters. The Kier molecular flexibility index (Phi) is 4.44. The third-order valence-corrected chi connectivity index (χ3v) is 3.99. The number of carbonyl (C=O) groups is 1. The van der Waals surface area contributed by atoms with Gasteiger partial charge in [-0.25, -0.2) is 0 Å². The molecule has 1 amide bonds. The summed E-state index contributed by atoms with van der Waals surface area (Å²) in [6.45, 7) is 0.420. The lowest BCUT2D eigenvalue weighted by atomic mass is 10.2. The number of nitrogens with one attached hydrogen (secondary N) is 1. The molecule has 0 radical (unpaired) electrons. The van der Waals surface area contributed by atoms with E-state index >= 15 is 0 Å². The Morgan fingerprint density at radius 2 is 2.32 bits per heavy atom. The van der Waals surface area contributed by atoms with Crippen LogP contribution >= 0.6 is 27.3 Å². The van der Waals surface area contributed by atoms with E-state index in [4.69, 9.17) is 10.5 Å². The number of rotatable bonds is 4. The van der Waals surface area contributed by atoms with Crippen LogP contribution in [0.4, 0.5) is 5.69 Å². The summed E-state index contributed by atoms with van der Waals surface area (Å²) in [5.74, 6) is 0.522. The van der Waals surface area contributed by atoms with Gasteiger partial charge in [0.1, 0.15) is 0 Å². The highest BCUT2D eigenvalue weighted by Crippen LogP contribution is 2.32. The number of methoxy groups -OCH3 is 1. The highest BCUT2D eigenvalue weighted by Gasteiger charge is 2.09. The van der Waals surface area contributed by atoms with Gasteiger partial charge in [-0.15, -0.1) is 11.3 Å². The number of benzene rings is 1. The van der Waals surface area contributed by atoms with E-state index in [1.54, 1.807) is 19.2 Å². The smallest absolute Gasteiger partial charge is 0.261 e. The van der Waals surface area contributed by atoms with Crippen molar-refractivity contribution in [1.82, 2.24) is 5.32 Å². The first-order chi connectivity index (χ1) is 9.11. The van der Waals surface area contributed by atoms with Gasteiger partial charge in [0, 0.05) is 6.54 Å². The summed E-state index contributed by atoms with van der Waals surface area (Å²) in [7, 11) is 1.56. The molecule has 0 saturated heterocycles. The van der Waals surface area contributed by atoms with Gasteiger partial charge >= 0.3 is 0 Å². The molecule has 1 aromatic carbocycles. The SMILES string of the molecule is COc1c(N)cc(CNC(=O)c2cccs2)cc1Br. The minimum Gasteiger partial charge on any atom is -0.493 e. The number of hydrogen-bond donors (Lipinski definition) is 2. The van der Waals surface area contributed by atoms with E-state index in [0.717, 1.165) is 10.0 Å². The molecular weight excluding hydrogens is 328 g/mol. The second-order valence-electron chi connectivity index (χ2n) is 3.86. The van der Waals surface area contributed by atoms with E-state index in [0.29, 0.717) is 22.9 Å². The molecule has 0 aliphatic rings. The number of carbonyl (C=O) groups excluding carboxylic acids is 1. The summed E-state index contributed by atoms with van der Waals surface area (Å²) < 4.78 is 5.93. The number of thiophene rings is 1. The average Bonchev–Trinajstić information content (AvgIpc) is 2.89. The lowest BCUT2D eigenvalue weighted by Gasteiger charge is -2.10. The number of anilines is 1. The molecule has 0 aliphatic heterocycles. The third kappa shape index (κ3) is 3.27. The van der Waals surface area contributed by atoms with Crippen molar-refractivity contribution < 1.29 is 9.53 Å². The zero-order valence-electron chi connectivity index (χ0n) is 10.3. The van der Waals surface area contributed by atoms with E-state index in [1.807, 2.05) is 17.5 Å². The molecule has 1 heterocycles. The van der Waals surface area contributed by atoms with Crippen LogP contribution in [-0.2, 0) is 6.54 Å². The summed E-state index contributed by atoms with van der Waals surface area (Å²) in [6, 6.07) is 7.31. The summed E-state index contributed by atoms with van der Waals surface area (Å²) in [5, 5.41) is 4.72. The van der Waals surface area contributed by atoms with Crippen LogP contribution < -0.4 is 15.8 Å². The molecule has 100 valence electrons. The number of nitrogen functional groups attached to an aromatic ring is 1. The normalized spacial score (nSPS) is 10.2. The summed E-state index contributed by atoms with van der Waals surface area (Å²) >= 11 is 4.80. The van der Waals surface area contributed by atoms with Crippen LogP contribution in [0.25, 0.3) is 0 Å². The van der Waals surface area contributed by atoms with Gasteiger partial charge in [-0.3, -0.25) is 4.79 Å². The molecule has 0 atom stereocenters. The van der Waals surface area contributed by atoms with Crippen LogP contribution in [0.5, 0.6) is 5.75 Å². The molecule has 4 nitrogen and oxygen atoms in total. The topological polar surface area (TPSA) is 64.3 Å². The second kappa shape index (κ2) is 6.08. The summed E-state index contributed by atoms with van der Waals surface area (Å²) in [6.07, 6.45) is 0. The molecule has 1 aromatic heterocycles. The van der Waals surface area contributed by atoms with Crippen LogP contribution in [-0.4, -0.2) is 13.0 Å². The van der Waals surface area contributed by atoms with Crippen LogP contribution in [0.2, 0.25) is 0 Å². The number of nitrogens with two attached hydrogens (primary N) is 1. The van der Waals surface area contributed by atoms with Crippen molar-refractivity contribution in [3.05, 3.63) is 44.6 Å². The highest BCUT2D eigenvalue weighted by molar-refractivity contribution is 9.10. The first-order valence-corrected chi connectivity index (χ1v) is 7.22. The summed E-state index contributed by atoms with van der Waals surface area (Å²) in [5.41, 5.74) is 7.32. The monoisotopic (exact) mass is 340 g/mol. The molecule has 0 fully saturated rings. The van der Waals surface area contributed by atoms with Gasteiger partial charge < -0.3 is 15.8 Å². The van der Waals surface area contributed by atoms with Gasteiger partial charge in [-0.05, 0) is 45.1 Å². The number of hydrogen-bond acceptors (Lipinski definition) is 4. The van der Waals surface area contributed by atoms with E-state index < -0.39 is 0 Å². The summed E-state index contributed by atoms with van der Waals surface area (Å²) in [4.78, 5) is 12.5. The molecule has 2 aromatic rings. The van der Waals surface area contributed by atoms with Crippen LogP contribution in [0, 0.1) is 0 Å². The van der Waals surface area contributed by atoms with Crippen molar-refractivity contribution in [1.29, 1.82) is 0 Å². The Labute approximate surface area is 123 Å². The van der Waals surface area contributed by atoms with E-state index in [2.05, 4.69) is 21.2 Å². The van der Waals surface area contributed by atoms with E-state index in [1.165, 1.54) is 11.3 Å². The maximum absolute atomic E-state index is 11.8. The standard InChI is InChI=1S/C13H13BrN2O2S/c1-18-12-9(14)5-8(6-10(12)15)7-16-13(17)11-3-2-4-19-11/h2-6H,7,15H2,1H3,(H,16,17). The van der Waals surface area contributed by atoms with Crippen molar-refractivity contribution in [3.63, 3.8) is 0 Å². The molecular formula is C13H13BrN2O2S. The molecule has 0 bridgehead atoms. The van der Waals surface area contributed by atoms with Crippen molar-refractivity contribution in [2.75, 3.05) is 12.8 Å². The van der Waals surface area contributed by atoms with Crippen molar-refractivity contribution in [2.24, 2.45) is 0 Å². The van der Waals surface area contributed by atoms with Gasteiger partial charge in [0.15, 0.2) is 5.75 Å². The third-order valence-electron chi connectivity index (χ3n) is 2.53. The fourth-order valence-electron chi connectivity index (χ4n) is 1.67. The number of halogens is 1. The van der Waals surface area contributed by atoms with Gasteiger partial charge in [-0.1, -0.05) is 6.07 Å². The van der Waals surface area contributed by atoms with Crippen molar-refractivity contribution in [3.8, 4) is 5.75 Å². The first kappa shape index (κ1) is 13.9. The maximum Gasteiger partial charge on any atom is 0.261 e. The fraction of sp³-hybridized carbons (Fsp3) is 0.154. The molecule has 0 saturated carbocycles. The largest absolute Gasteiger partial charge is 0.493 e. The van der Waals surface area contributed by atoms with Gasteiger partial charge in [-0.2, -0.15) is 0 Å². The molecule has 3 N–H and O–H groups in total. The molecule has 0 spiro atoms. The quantitative estimate of drug-likeness (QED) is 0.840. The Hall–Kier alpha value is -1.53. The average molecular weight is 341 g/mol. The molecule has 19 heavy (non-hydrogen) atoms. The lowest BCUT2D eigenvalue weighted by Crippen LogP contribution is -2.21. The lowest BCUT2D eigenvalue weighted by molar-refractivity contribution is 0.0955. The van der Waals surface area contributed by atoms with Gasteiger partial charge in [0.2, 0.25) is 0 Å². The van der Waals surface area contributed by atoms with Crippen molar-refractivity contribution in [2.45, 2.75) is 6.54 Å². The molecule has 6 heteroatoms. The maximum atomic E-state index is 11.8. The van der Waals surface area contributed by atoms with E-state index in [-0.39, 0.29) is 5.91 Å². The Morgan fingerprint density at radius 1 is 1.53 bits per heavy atom. The Balaban J connectivity index is 2.06. The predicted octanol–water partition coefficient (Wildman–Crippen LogP) is 3.03. The fourth-order valence-corrected chi connectivity index (χ4v) is 2.99. The Bertz CT molecular complexity index is 561. The zero-order chi connectivity index (χ0) is 13.8. The van der Waals surface area contributed by atoms with Crippen LogP contribution in [0.1, 0.15) is 15.2 Å². The number of ether oxygens (including phenoxy) is 1. The molecule has 0 aliphatic carbocycles. The number of amides is 1. The minimum atomic E-state index is -0.0829. The van der Waals surface area contributed by atoms with E-state index in [9.17, 15) is 4.79 Å². The van der Waals surface area contributed by atoms with Crippen molar-refractivity contribution >= 4 is 38.9 Å². The zero-order valence-corrected chi connectivity index (χ0v) is 12.7. The predicted molar refractivity (Wildman–Crippen MR) is 80.6 cm³/mol. The van der Waals surface area contributed by atoms with Crippen LogP contribution in [0.15, 0.2) is 34.1 Å². The van der Waals surface area contributed by atoms with Gasteiger partial charge in [0.25, 0.3) is 5.91 Å². The molecule has 2 rings (SSSR count). The second-order valence-corrected chi connectivity index (χ2v) is 5.66. The van der Waals surface area contributed by atoms with Gasteiger partial charge in [0.05, 0.1) is 22.1 Å². The van der Waals surface area contributed by atoms with Crippen LogP contribution in [0.3, 0.4) is 0 Å². The minimum absolute atomic E-state index is 0.0829. The highest BCUT2D eigenvalue weighted by atomic mass is 79.9.